The Bertz CT molecular complexity index is 441. The number of anilines is 2. The molecule has 0 spiro atoms. The SMILES string of the molecule is Cc1cccc(Nc2nnc(Br)s2)c1. The lowest BCUT2D eigenvalue weighted by atomic mass is 10.2. The molecule has 0 aliphatic heterocycles. The van der Waals surface area contributed by atoms with Crippen LogP contribution in [0.1, 0.15) is 5.56 Å². The van der Waals surface area contributed by atoms with Crippen LogP contribution < -0.4 is 5.32 Å². The lowest BCUT2D eigenvalue weighted by Crippen LogP contribution is -1.89. The number of nitrogens with zero attached hydrogens (tertiary/aromatic N) is 2. The molecule has 0 amide bonds. The van der Waals surface area contributed by atoms with E-state index in [-0.39, 0.29) is 0 Å². The van der Waals surface area contributed by atoms with Gasteiger partial charge in [0.05, 0.1) is 0 Å². The van der Waals surface area contributed by atoms with Crippen LogP contribution in [-0.4, -0.2) is 10.2 Å². The van der Waals surface area contributed by atoms with Gasteiger partial charge in [0.2, 0.25) is 5.13 Å². The van der Waals surface area contributed by atoms with Crippen LogP contribution in [0.15, 0.2) is 28.2 Å². The standard InChI is InChI=1S/C9H8BrN3S/c1-6-3-2-4-7(5-6)11-9-13-12-8(10)14-9/h2-5H,1H3,(H,11,13). The smallest absolute Gasteiger partial charge is 0.210 e. The van der Waals surface area contributed by atoms with Crippen LogP contribution in [0.3, 0.4) is 0 Å². The third kappa shape index (κ3) is 2.30. The zero-order chi connectivity index (χ0) is 9.97. The van der Waals surface area contributed by atoms with Crippen LogP contribution in [0.5, 0.6) is 0 Å². The van der Waals surface area contributed by atoms with E-state index in [9.17, 15) is 0 Å². The molecular weight excluding hydrogens is 262 g/mol. The largest absolute Gasteiger partial charge is 0.330 e. The average molecular weight is 270 g/mol. The molecule has 2 rings (SSSR count). The van der Waals surface area contributed by atoms with Gasteiger partial charge >= 0.3 is 0 Å². The van der Waals surface area contributed by atoms with E-state index in [1.165, 1.54) is 16.9 Å². The van der Waals surface area contributed by atoms with E-state index in [0.717, 1.165) is 14.7 Å². The first-order valence-corrected chi connectivity index (χ1v) is 5.68. The molecule has 1 heterocycles. The summed E-state index contributed by atoms with van der Waals surface area (Å²) in [6.07, 6.45) is 0. The summed E-state index contributed by atoms with van der Waals surface area (Å²) < 4.78 is 0.785. The predicted molar refractivity (Wildman–Crippen MR) is 62.1 cm³/mol. The number of rotatable bonds is 2. The maximum atomic E-state index is 3.95. The number of aromatic nitrogens is 2. The van der Waals surface area contributed by atoms with Gasteiger partial charge in [-0.05, 0) is 40.5 Å². The van der Waals surface area contributed by atoms with Gasteiger partial charge < -0.3 is 5.32 Å². The van der Waals surface area contributed by atoms with Crippen molar-refractivity contribution in [3.8, 4) is 0 Å². The number of nitrogens with one attached hydrogen (secondary N) is 1. The van der Waals surface area contributed by atoms with Crippen LogP contribution in [0.2, 0.25) is 0 Å². The first-order valence-electron chi connectivity index (χ1n) is 4.07. The van der Waals surface area contributed by atoms with Gasteiger partial charge in [0.25, 0.3) is 0 Å². The van der Waals surface area contributed by atoms with E-state index in [1.807, 2.05) is 12.1 Å². The number of hydrogen-bond acceptors (Lipinski definition) is 4. The molecule has 14 heavy (non-hydrogen) atoms. The number of benzene rings is 1. The highest BCUT2D eigenvalue weighted by Crippen LogP contribution is 2.23. The minimum absolute atomic E-state index is 0.785. The highest BCUT2D eigenvalue weighted by atomic mass is 79.9. The Balaban J connectivity index is 2.18. The molecule has 0 atom stereocenters. The molecule has 72 valence electrons. The van der Waals surface area contributed by atoms with E-state index < -0.39 is 0 Å². The molecule has 0 fully saturated rings. The summed E-state index contributed by atoms with van der Waals surface area (Å²) in [5.41, 5.74) is 2.26. The highest BCUT2D eigenvalue weighted by molar-refractivity contribution is 9.11. The predicted octanol–water partition coefficient (Wildman–Crippen LogP) is 3.35. The molecule has 0 aliphatic rings. The molecule has 0 unspecified atom stereocenters. The van der Waals surface area contributed by atoms with Gasteiger partial charge in [-0.3, -0.25) is 0 Å². The van der Waals surface area contributed by atoms with Gasteiger partial charge in [-0.2, -0.15) is 0 Å². The second-order valence-electron chi connectivity index (χ2n) is 2.85. The quantitative estimate of drug-likeness (QED) is 0.909. The van der Waals surface area contributed by atoms with Crippen LogP contribution in [0.4, 0.5) is 10.8 Å². The molecular formula is C9H8BrN3S. The van der Waals surface area contributed by atoms with Crippen LogP contribution in [0, 0.1) is 6.92 Å². The Hall–Kier alpha value is -0.940. The molecule has 0 saturated carbocycles. The molecule has 1 aromatic heterocycles. The molecule has 0 radical (unpaired) electrons. The normalized spacial score (nSPS) is 10.1. The molecule has 0 aliphatic carbocycles. The lowest BCUT2D eigenvalue weighted by Gasteiger charge is -2.01. The van der Waals surface area contributed by atoms with Crippen LogP contribution in [0.25, 0.3) is 0 Å². The van der Waals surface area contributed by atoms with Crippen molar-refractivity contribution in [2.75, 3.05) is 5.32 Å². The van der Waals surface area contributed by atoms with E-state index in [1.54, 1.807) is 0 Å². The van der Waals surface area contributed by atoms with Crippen molar-refractivity contribution in [2.24, 2.45) is 0 Å². The number of hydrogen-bond donors (Lipinski definition) is 1. The fourth-order valence-electron chi connectivity index (χ4n) is 1.10. The summed E-state index contributed by atoms with van der Waals surface area (Å²) in [5.74, 6) is 0. The van der Waals surface area contributed by atoms with Gasteiger partial charge in [-0.15, -0.1) is 10.2 Å². The molecule has 1 aromatic carbocycles. The maximum Gasteiger partial charge on any atom is 0.210 e. The van der Waals surface area contributed by atoms with Crippen molar-refractivity contribution in [2.45, 2.75) is 6.92 Å². The molecule has 0 saturated heterocycles. The summed E-state index contributed by atoms with van der Waals surface area (Å²) >= 11 is 4.74. The van der Waals surface area contributed by atoms with Crippen molar-refractivity contribution >= 4 is 38.1 Å². The van der Waals surface area contributed by atoms with Gasteiger partial charge in [-0.1, -0.05) is 23.5 Å². The third-order valence-electron chi connectivity index (χ3n) is 1.67. The van der Waals surface area contributed by atoms with E-state index in [4.69, 9.17) is 0 Å². The van der Waals surface area contributed by atoms with Crippen molar-refractivity contribution < 1.29 is 0 Å². The molecule has 5 heteroatoms. The first kappa shape index (κ1) is 9.61. The number of aryl methyl sites for hydroxylation is 1. The Morgan fingerprint density at radius 1 is 1.36 bits per heavy atom. The Morgan fingerprint density at radius 2 is 2.21 bits per heavy atom. The van der Waals surface area contributed by atoms with Crippen molar-refractivity contribution in [1.29, 1.82) is 0 Å². The van der Waals surface area contributed by atoms with Crippen LogP contribution in [-0.2, 0) is 0 Å². The van der Waals surface area contributed by atoms with Gasteiger partial charge in [0.1, 0.15) is 0 Å². The molecule has 0 bridgehead atoms. The fourth-order valence-corrected chi connectivity index (χ4v) is 2.13. The molecule has 2 aromatic rings. The Labute approximate surface area is 94.3 Å². The maximum absolute atomic E-state index is 3.95. The zero-order valence-electron chi connectivity index (χ0n) is 7.49. The van der Waals surface area contributed by atoms with Gasteiger partial charge in [0.15, 0.2) is 3.92 Å². The topological polar surface area (TPSA) is 37.8 Å². The van der Waals surface area contributed by atoms with Crippen molar-refractivity contribution in [1.82, 2.24) is 10.2 Å². The monoisotopic (exact) mass is 269 g/mol. The summed E-state index contributed by atoms with van der Waals surface area (Å²) in [4.78, 5) is 0. The van der Waals surface area contributed by atoms with Crippen molar-refractivity contribution in [3.05, 3.63) is 33.7 Å². The summed E-state index contributed by atoms with van der Waals surface area (Å²) in [6.45, 7) is 2.06. The minimum Gasteiger partial charge on any atom is -0.330 e. The number of halogens is 1. The van der Waals surface area contributed by atoms with E-state index in [0.29, 0.717) is 0 Å². The Morgan fingerprint density at radius 3 is 2.86 bits per heavy atom. The van der Waals surface area contributed by atoms with Crippen molar-refractivity contribution in [3.63, 3.8) is 0 Å². The molecule has 3 nitrogen and oxygen atoms in total. The highest BCUT2D eigenvalue weighted by Gasteiger charge is 2.00. The fraction of sp³-hybridized carbons (Fsp3) is 0.111. The van der Waals surface area contributed by atoms with E-state index >= 15 is 0 Å². The second-order valence-corrected chi connectivity index (χ2v) is 5.11. The molecule has 1 N–H and O–H groups in total. The Kier molecular flexibility index (Phi) is 2.79. The summed E-state index contributed by atoms with van der Waals surface area (Å²) in [7, 11) is 0. The minimum atomic E-state index is 0.785. The van der Waals surface area contributed by atoms with Gasteiger partial charge in [0, 0.05) is 5.69 Å². The average Bonchev–Trinajstić information content (AvgIpc) is 2.51. The third-order valence-corrected chi connectivity index (χ3v) is 2.94. The first-order chi connectivity index (χ1) is 6.74. The lowest BCUT2D eigenvalue weighted by molar-refractivity contribution is 1.07. The zero-order valence-corrected chi connectivity index (χ0v) is 9.89. The second kappa shape index (κ2) is 4.06. The van der Waals surface area contributed by atoms with Crippen LogP contribution >= 0.6 is 27.3 Å². The van der Waals surface area contributed by atoms with Gasteiger partial charge in [-0.25, -0.2) is 0 Å². The summed E-state index contributed by atoms with van der Waals surface area (Å²) in [5, 5.41) is 11.8. The summed E-state index contributed by atoms with van der Waals surface area (Å²) in [6, 6.07) is 8.13. The van der Waals surface area contributed by atoms with E-state index in [2.05, 4.69) is 50.5 Å².